The third-order valence-corrected chi connectivity index (χ3v) is 7.38. The predicted octanol–water partition coefficient (Wildman–Crippen LogP) is 7.43. The molecule has 0 aromatic rings. The highest BCUT2D eigenvalue weighted by Gasteiger charge is 2.46. The minimum absolute atomic E-state index is 0.543. The maximum atomic E-state index is 2.57. The molecule has 6 atom stereocenters. The van der Waals surface area contributed by atoms with E-state index in [0.29, 0.717) is 5.41 Å². The quantitative estimate of drug-likeness (QED) is 0.393. The fraction of sp³-hybridized carbons (Fsp3) is 1.00. The third kappa shape index (κ3) is 5.27. The van der Waals surface area contributed by atoms with Crippen LogP contribution in [-0.4, -0.2) is 0 Å². The molecular formula is C22H44. The van der Waals surface area contributed by atoms with Gasteiger partial charge in [0.05, 0.1) is 0 Å². The standard InChI is InChI=1S/C22H44/c1-10-22(9,19(8)18(7)16(4)5)14-20-13-21(20)17(6)12-11-15(2)3/h15-21H,10-14H2,1-9H3. The summed E-state index contributed by atoms with van der Waals surface area (Å²) >= 11 is 0. The van der Waals surface area contributed by atoms with Crippen LogP contribution in [-0.2, 0) is 0 Å². The van der Waals surface area contributed by atoms with E-state index in [9.17, 15) is 0 Å². The fourth-order valence-corrected chi connectivity index (χ4v) is 4.48. The topological polar surface area (TPSA) is 0 Å². The molecule has 0 radical (unpaired) electrons. The Morgan fingerprint density at radius 2 is 1.55 bits per heavy atom. The number of rotatable bonds is 10. The second-order valence-corrected chi connectivity index (χ2v) is 9.71. The van der Waals surface area contributed by atoms with E-state index >= 15 is 0 Å². The van der Waals surface area contributed by atoms with E-state index in [0.717, 1.165) is 41.4 Å². The Morgan fingerprint density at radius 3 is 2.00 bits per heavy atom. The summed E-state index contributed by atoms with van der Waals surface area (Å²) in [5.74, 6) is 6.35. The first-order valence-electron chi connectivity index (χ1n) is 10.1. The molecule has 0 amide bonds. The summed E-state index contributed by atoms with van der Waals surface area (Å²) in [4.78, 5) is 0. The van der Waals surface area contributed by atoms with Crippen molar-refractivity contribution in [3.63, 3.8) is 0 Å². The smallest absolute Gasteiger partial charge is 0.0297 e. The van der Waals surface area contributed by atoms with E-state index in [2.05, 4.69) is 62.3 Å². The lowest BCUT2D eigenvalue weighted by Gasteiger charge is -2.40. The minimum atomic E-state index is 0.543. The number of hydrogen-bond acceptors (Lipinski definition) is 0. The van der Waals surface area contributed by atoms with Gasteiger partial charge in [-0.1, -0.05) is 81.6 Å². The number of hydrogen-bond donors (Lipinski definition) is 0. The summed E-state index contributed by atoms with van der Waals surface area (Å²) in [6.07, 6.45) is 7.18. The van der Waals surface area contributed by atoms with Crippen LogP contribution < -0.4 is 0 Å². The van der Waals surface area contributed by atoms with Crippen LogP contribution in [0, 0.1) is 46.8 Å². The summed E-state index contributed by atoms with van der Waals surface area (Å²) < 4.78 is 0. The molecule has 22 heavy (non-hydrogen) atoms. The van der Waals surface area contributed by atoms with Crippen molar-refractivity contribution >= 4 is 0 Å². The zero-order valence-electron chi connectivity index (χ0n) is 17.1. The van der Waals surface area contributed by atoms with Crippen molar-refractivity contribution < 1.29 is 0 Å². The van der Waals surface area contributed by atoms with Crippen molar-refractivity contribution in [3.05, 3.63) is 0 Å². The van der Waals surface area contributed by atoms with Gasteiger partial charge in [-0.3, -0.25) is 0 Å². The van der Waals surface area contributed by atoms with Crippen LogP contribution >= 0.6 is 0 Å². The molecule has 1 aliphatic rings. The van der Waals surface area contributed by atoms with E-state index < -0.39 is 0 Å². The molecule has 132 valence electrons. The van der Waals surface area contributed by atoms with E-state index in [1.54, 1.807) is 0 Å². The van der Waals surface area contributed by atoms with Gasteiger partial charge in [0.15, 0.2) is 0 Å². The van der Waals surface area contributed by atoms with Gasteiger partial charge >= 0.3 is 0 Å². The molecule has 0 N–H and O–H groups in total. The first-order chi connectivity index (χ1) is 10.1. The zero-order chi connectivity index (χ0) is 17.1. The molecule has 1 rings (SSSR count). The van der Waals surface area contributed by atoms with Crippen LogP contribution in [0.3, 0.4) is 0 Å². The Bertz CT molecular complexity index is 316. The van der Waals surface area contributed by atoms with Crippen LogP contribution in [0.15, 0.2) is 0 Å². The summed E-state index contributed by atoms with van der Waals surface area (Å²) in [7, 11) is 0. The van der Waals surface area contributed by atoms with Crippen LogP contribution in [0.5, 0.6) is 0 Å². The highest BCUT2D eigenvalue weighted by atomic mass is 14.5. The van der Waals surface area contributed by atoms with Gasteiger partial charge in [0.1, 0.15) is 0 Å². The van der Waals surface area contributed by atoms with Gasteiger partial charge in [-0.15, -0.1) is 0 Å². The van der Waals surface area contributed by atoms with Gasteiger partial charge in [0, 0.05) is 0 Å². The van der Waals surface area contributed by atoms with Crippen molar-refractivity contribution in [2.45, 2.75) is 94.4 Å². The predicted molar refractivity (Wildman–Crippen MR) is 101 cm³/mol. The highest BCUT2D eigenvalue weighted by Crippen LogP contribution is 2.55. The molecule has 0 saturated heterocycles. The van der Waals surface area contributed by atoms with Gasteiger partial charge in [0.25, 0.3) is 0 Å². The van der Waals surface area contributed by atoms with Crippen molar-refractivity contribution in [1.29, 1.82) is 0 Å². The molecule has 0 heteroatoms. The first-order valence-corrected chi connectivity index (χ1v) is 10.1. The van der Waals surface area contributed by atoms with E-state index in [-0.39, 0.29) is 0 Å². The Morgan fingerprint density at radius 1 is 0.955 bits per heavy atom. The average Bonchev–Trinajstić information content (AvgIpc) is 3.21. The maximum absolute atomic E-state index is 2.57. The lowest BCUT2D eigenvalue weighted by atomic mass is 9.65. The van der Waals surface area contributed by atoms with Crippen LogP contribution in [0.25, 0.3) is 0 Å². The van der Waals surface area contributed by atoms with Gasteiger partial charge < -0.3 is 0 Å². The average molecular weight is 309 g/mol. The molecule has 1 aliphatic carbocycles. The third-order valence-electron chi connectivity index (χ3n) is 7.38. The van der Waals surface area contributed by atoms with Crippen molar-refractivity contribution in [2.24, 2.45) is 46.8 Å². The maximum Gasteiger partial charge on any atom is -0.0297 e. The second-order valence-electron chi connectivity index (χ2n) is 9.71. The van der Waals surface area contributed by atoms with Crippen LogP contribution in [0.1, 0.15) is 94.4 Å². The molecule has 0 aliphatic heterocycles. The summed E-state index contributed by atoms with van der Waals surface area (Å²) in [5.41, 5.74) is 0.543. The fourth-order valence-electron chi connectivity index (χ4n) is 4.48. The van der Waals surface area contributed by atoms with Gasteiger partial charge in [-0.2, -0.15) is 0 Å². The van der Waals surface area contributed by atoms with Crippen LogP contribution in [0.2, 0.25) is 0 Å². The molecule has 1 fully saturated rings. The van der Waals surface area contributed by atoms with E-state index in [1.165, 1.54) is 32.1 Å². The Hall–Kier alpha value is 0. The molecule has 1 saturated carbocycles. The van der Waals surface area contributed by atoms with Gasteiger partial charge in [-0.05, 0) is 59.7 Å². The molecule has 0 bridgehead atoms. The first kappa shape index (κ1) is 20.0. The Labute approximate surface area is 141 Å². The molecule has 0 nitrogen and oxygen atoms in total. The van der Waals surface area contributed by atoms with Crippen molar-refractivity contribution in [3.8, 4) is 0 Å². The monoisotopic (exact) mass is 308 g/mol. The van der Waals surface area contributed by atoms with Crippen molar-refractivity contribution in [1.82, 2.24) is 0 Å². The Kier molecular flexibility index (Phi) is 7.47. The molecule has 0 aromatic heterocycles. The minimum Gasteiger partial charge on any atom is -0.0649 e. The summed E-state index contributed by atoms with van der Waals surface area (Å²) in [6, 6.07) is 0. The molecular weight excluding hydrogens is 264 g/mol. The zero-order valence-corrected chi connectivity index (χ0v) is 17.1. The van der Waals surface area contributed by atoms with Crippen LogP contribution in [0.4, 0.5) is 0 Å². The largest absolute Gasteiger partial charge is 0.0649 e. The van der Waals surface area contributed by atoms with E-state index in [4.69, 9.17) is 0 Å². The Balaban J connectivity index is 2.54. The molecule has 0 aromatic carbocycles. The normalized spacial score (nSPS) is 28.5. The summed E-state index contributed by atoms with van der Waals surface area (Å²) in [5, 5.41) is 0. The molecule has 0 heterocycles. The lowest BCUT2D eigenvalue weighted by Crippen LogP contribution is -2.32. The SMILES string of the molecule is CCC(C)(CC1CC1C(C)CCC(C)C)C(C)C(C)C(C)C. The highest BCUT2D eigenvalue weighted by molar-refractivity contribution is 4.95. The molecule has 0 spiro atoms. The second kappa shape index (κ2) is 8.20. The summed E-state index contributed by atoms with van der Waals surface area (Å²) in [6.45, 7) is 22.0. The van der Waals surface area contributed by atoms with Gasteiger partial charge in [0.2, 0.25) is 0 Å². The molecule has 6 unspecified atom stereocenters. The van der Waals surface area contributed by atoms with E-state index in [1.807, 2.05) is 0 Å². The van der Waals surface area contributed by atoms with Crippen molar-refractivity contribution in [2.75, 3.05) is 0 Å². The van der Waals surface area contributed by atoms with Gasteiger partial charge in [-0.25, -0.2) is 0 Å². The lowest BCUT2D eigenvalue weighted by molar-refractivity contribution is 0.0906.